The number of fused-ring (bicyclic) bond motifs is 1. The smallest absolute Gasteiger partial charge is 0.223 e. The number of rotatable bonds is 6. The van der Waals surface area contributed by atoms with Gasteiger partial charge in [-0.3, -0.25) is 4.79 Å². The van der Waals surface area contributed by atoms with E-state index in [0.717, 1.165) is 23.8 Å². The number of carbonyl (C=O) groups is 1. The number of aromatic nitrogens is 2. The number of amides is 1. The zero-order chi connectivity index (χ0) is 22.2. The molecule has 3 heterocycles. The molecule has 3 rings (SSSR count). The number of likely N-dealkylation sites (tertiary alicyclic amines) is 1. The SMILES string of the molecule is COc1cnc2[nH]cc(C(C)CC(=O)N3C(C)CC(C)CC3CC(C)(C)O)c2c1Cl. The van der Waals surface area contributed by atoms with Gasteiger partial charge in [-0.1, -0.05) is 25.4 Å². The molecule has 2 aromatic heterocycles. The van der Waals surface area contributed by atoms with Gasteiger partial charge in [0.05, 0.1) is 23.9 Å². The van der Waals surface area contributed by atoms with E-state index < -0.39 is 5.60 Å². The predicted molar refractivity (Wildman–Crippen MR) is 120 cm³/mol. The number of hydrogen-bond acceptors (Lipinski definition) is 4. The van der Waals surface area contributed by atoms with Crippen LogP contribution in [0.4, 0.5) is 0 Å². The number of carbonyl (C=O) groups excluding carboxylic acids is 1. The number of ether oxygens (including phenoxy) is 1. The number of aromatic amines is 1. The summed E-state index contributed by atoms with van der Waals surface area (Å²) in [5.74, 6) is 1.15. The lowest BCUT2D eigenvalue weighted by Gasteiger charge is -2.45. The average molecular weight is 436 g/mol. The minimum absolute atomic E-state index is 0.0352. The fraction of sp³-hybridized carbons (Fsp3) is 0.652. The summed E-state index contributed by atoms with van der Waals surface area (Å²) in [6.45, 7) is 10.0. The van der Waals surface area contributed by atoms with Crippen molar-refractivity contribution in [2.24, 2.45) is 5.92 Å². The van der Waals surface area contributed by atoms with Crippen LogP contribution in [0.5, 0.6) is 5.75 Å². The Kier molecular flexibility index (Phi) is 6.68. The topological polar surface area (TPSA) is 78.5 Å². The van der Waals surface area contributed by atoms with Gasteiger partial charge in [0.2, 0.25) is 5.91 Å². The predicted octanol–water partition coefficient (Wildman–Crippen LogP) is 4.90. The molecule has 0 radical (unpaired) electrons. The summed E-state index contributed by atoms with van der Waals surface area (Å²) in [6.07, 6.45) is 6.36. The van der Waals surface area contributed by atoms with Crippen molar-refractivity contribution < 1.29 is 14.6 Å². The molecule has 1 aliphatic heterocycles. The molecule has 166 valence electrons. The number of nitrogens with zero attached hydrogens (tertiary/aromatic N) is 2. The molecular formula is C23H34ClN3O3. The summed E-state index contributed by atoms with van der Waals surface area (Å²) in [4.78, 5) is 23.0. The van der Waals surface area contributed by atoms with Gasteiger partial charge in [-0.2, -0.15) is 0 Å². The molecular weight excluding hydrogens is 402 g/mol. The number of H-pyrrole nitrogens is 1. The molecule has 2 aromatic rings. The Morgan fingerprint density at radius 2 is 2.13 bits per heavy atom. The number of nitrogens with one attached hydrogen (secondary N) is 1. The van der Waals surface area contributed by atoms with Gasteiger partial charge in [0.25, 0.3) is 0 Å². The fourth-order valence-electron chi connectivity index (χ4n) is 5.01. The molecule has 1 aliphatic rings. The monoisotopic (exact) mass is 435 g/mol. The van der Waals surface area contributed by atoms with Crippen LogP contribution in [0.3, 0.4) is 0 Å². The molecule has 4 unspecified atom stereocenters. The third kappa shape index (κ3) is 4.75. The van der Waals surface area contributed by atoms with Gasteiger partial charge in [0.15, 0.2) is 5.75 Å². The van der Waals surface area contributed by atoms with Crippen LogP contribution in [0.1, 0.15) is 71.8 Å². The van der Waals surface area contributed by atoms with Crippen LogP contribution in [0.15, 0.2) is 12.4 Å². The van der Waals surface area contributed by atoms with Crippen LogP contribution in [-0.2, 0) is 4.79 Å². The van der Waals surface area contributed by atoms with Gasteiger partial charge in [0.1, 0.15) is 5.65 Å². The first-order valence-electron chi connectivity index (χ1n) is 10.7. The minimum atomic E-state index is -0.807. The van der Waals surface area contributed by atoms with E-state index in [1.165, 1.54) is 0 Å². The highest BCUT2D eigenvalue weighted by molar-refractivity contribution is 6.37. The maximum atomic E-state index is 13.4. The highest BCUT2D eigenvalue weighted by atomic mass is 35.5. The van der Waals surface area contributed by atoms with Gasteiger partial charge in [-0.05, 0) is 57.4 Å². The second kappa shape index (κ2) is 8.75. The van der Waals surface area contributed by atoms with Crippen molar-refractivity contribution in [3.8, 4) is 5.75 Å². The van der Waals surface area contributed by atoms with Crippen molar-refractivity contribution in [2.45, 2.75) is 83.9 Å². The van der Waals surface area contributed by atoms with Crippen LogP contribution in [-0.4, -0.2) is 50.7 Å². The first-order valence-corrected chi connectivity index (χ1v) is 11.1. The van der Waals surface area contributed by atoms with Crippen molar-refractivity contribution in [3.63, 3.8) is 0 Å². The van der Waals surface area contributed by atoms with E-state index in [0.29, 0.717) is 35.2 Å². The van der Waals surface area contributed by atoms with Gasteiger partial charge in [-0.15, -0.1) is 0 Å². The lowest BCUT2D eigenvalue weighted by molar-refractivity contribution is -0.140. The molecule has 1 amide bonds. The number of methoxy groups -OCH3 is 1. The number of halogens is 1. The normalized spacial score (nSPS) is 23.6. The highest BCUT2D eigenvalue weighted by Crippen LogP contribution is 2.38. The molecule has 0 aliphatic carbocycles. The Labute approximate surface area is 184 Å². The highest BCUT2D eigenvalue weighted by Gasteiger charge is 2.37. The molecule has 0 spiro atoms. The third-order valence-electron chi connectivity index (χ3n) is 6.18. The van der Waals surface area contributed by atoms with Gasteiger partial charge in [-0.25, -0.2) is 4.98 Å². The third-order valence-corrected chi connectivity index (χ3v) is 6.55. The Morgan fingerprint density at radius 3 is 2.77 bits per heavy atom. The standard InChI is InChI=1S/C23H34ClN3O3/c1-13-7-15(3)27(16(8-13)10-23(4,5)29)19(28)9-14(2)17-11-25-22-20(17)21(24)18(30-6)12-26-22/h11-16,29H,7-10H2,1-6H3,(H,25,26). The van der Waals surface area contributed by atoms with E-state index in [2.05, 4.69) is 23.8 Å². The van der Waals surface area contributed by atoms with E-state index in [1.807, 2.05) is 31.9 Å². The van der Waals surface area contributed by atoms with Crippen LogP contribution < -0.4 is 4.74 Å². The second-order valence-corrected chi connectivity index (χ2v) is 9.99. The molecule has 1 saturated heterocycles. The second-order valence-electron chi connectivity index (χ2n) is 9.61. The summed E-state index contributed by atoms with van der Waals surface area (Å²) >= 11 is 6.54. The maximum absolute atomic E-state index is 13.4. The van der Waals surface area contributed by atoms with Crippen molar-refractivity contribution in [2.75, 3.05) is 7.11 Å². The van der Waals surface area contributed by atoms with E-state index >= 15 is 0 Å². The molecule has 0 aromatic carbocycles. The maximum Gasteiger partial charge on any atom is 0.223 e. The zero-order valence-corrected chi connectivity index (χ0v) is 19.6. The summed E-state index contributed by atoms with van der Waals surface area (Å²) in [6, 6.07) is 0.214. The van der Waals surface area contributed by atoms with E-state index in [1.54, 1.807) is 13.3 Å². The number of pyridine rings is 1. The van der Waals surface area contributed by atoms with Gasteiger partial charge < -0.3 is 19.7 Å². The van der Waals surface area contributed by atoms with E-state index in [4.69, 9.17) is 16.3 Å². The Morgan fingerprint density at radius 1 is 1.43 bits per heavy atom. The molecule has 7 heteroatoms. The molecule has 4 atom stereocenters. The van der Waals surface area contributed by atoms with Crippen molar-refractivity contribution in [3.05, 3.63) is 23.0 Å². The molecule has 0 saturated carbocycles. The molecule has 30 heavy (non-hydrogen) atoms. The Balaban J connectivity index is 1.84. The minimum Gasteiger partial charge on any atom is -0.494 e. The largest absolute Gasteiger partial charge is 0.494 e. The van der Waals surface area contributed by atoms with Crippen LogP contribution in [0.2, 0.25) is 5.02 Å². The Hall–Kier alpha value is -1.79. The molecule has 2 N–H and O–H groups in total. The van der Waals surface area contributed by atoms with Crippen molar-refractivity contribution in [1.29, 1.82) is 0 Å². The van der Waals surface area contributed by atoms with Crippen LogP contribution in [0.25, 0.3) is 11.0 Å². The summed E-state index contributed by atoms with van der Waals surface area (Å²) in [5.41, 5.74) is 0.847. The summed E-state index contributed by atoms with van der Waals surface area (Å²) < 4.78 is 5.31. The number of hydrogen-bond donors (Lipinski definition) is 2. The lowest BCUT2D eigenvalue weighted by atomic mass is 9.82. The van der Waals surface area contributed by atoms with Gasteiger partial charge in [0, 0.05) is 30.1 Å². The van der Waals surface area contributed by atoms with Crippen molar-refractivity contribution in [1.82, 2.24) is 14.9 Å². The number of aliphatic hydroxyl groups is 1. The first-order chi connectivity index (χ1) is 14.0. The average Bonchev–Trinajstić information content (AvgIpc) is 3.05. The van der Waals surface area contributed by atoms with Crippen LogP contribution in [0, 0.1) is 5.92 Å². The zero-order valence-electron chi connectivity index (χ0n) is 18.8. The fourth-order valence-corrected chi connectivity index (χ4v) is 5.33. The van der Waals surface area contributed by atoms with Crippen molar-refractivity contribution >= 4 is 28.5 Å². The molecule has 1 fully saturated rings. The first kappa shape index (κ1) is 22.9. The quantitative estimate of drug-likeness (QED) is 0.676. The lowest BCUT2D eigenvalue weighted by Crippen LogP contribution is -2.53. The summed E-state index contributed by atoms with van der Waals surface area (Å²) in [5, 5.41) is 11.7. The van der Waals surface area contributed by atoms with E-state index in [9.17, 15) is 9.90 Å². The molecule has 0 bridgehead atoms. The molecule has 6 nitrogen and oxygen atoms in total. The van der Waals surface area contributed by atoms with E-state index in [-0.39, 0.29) is 23.9 Å². The van der Waals surface area contributed by atoms with Crippen LogP contribution >= 0.6 is 11.6 Å². The Bertz CT molecular complexity index is 905. The summed E-state index contributed by atoms with van der Waals surface area (Å²) in [7, 11) is 1.57. The number of piperidine rings is 1. The van der Waals surface area contributed by atoms with Gasteiger partial charge >= 0.3 is 0 Å².